The van der Waals surface area contributed by atoms with E-state index in [1.807, 2.05) is 35.1 Å². The average molecular weight is 599 g/mol. The molecule has 0 saturated carbocycles. The average Bonchev–Trinajstić information content (AvgIpc) is 3.42. The Bertz CT molecular complexity index is 1920. The van der Waals surface area contributed by atoms with Crippen molar-refractivity contribution < 1.29 is 14.3 Å². The molecule has 2 fully saturated rings. The number of rotatable bonds is 5. The summed E-state index contributed by atoms with van der Waals surface area (Å²) in [6.45, 7) is 6.34. The first-order valence-electron chi connectivity index (χ1n) is 14.5. The summed E-state index contributed by atoms with van der Waals surface area (Å²) in [5.41, 5.74) is 1.71. The zero-order valence-electron chi connectivity index (χ0n) is 24.1. The lowest BCUT2D eigenvalue weighted by Crippen LogP contribution is -2.57. The summed E-state index contributed by atoms with van der Waals surface area (Å²) in [4.78, 5) is 23.3. The Labute approximate surface area is 253 Å². The molecule has 0 radical (unpaired) electrons. The van der Waals surface area contributed by atoms with Crippen LogP contribution < -0.4 is 4.90 Å². The van der Waals surface area contributed by atoms with Crippen molar-refractivity contribution in [1.29, 1.82) is 0 Å². The highest BCUT2D eigenvalue weighted by Gasteiger charge is 2.33. The lowest BCUT2D eigenvalue weighted by Gasteiger charge is -2.43. The van der Waals surface area contributed by atoms with E-state index >= 15 is 4.39 Å². The molecule has 0 atom stereocenters. The molecule has 10 heteroatoms. The van der Waals surface area contributed by atoms with Gasteiger partial charge in [0.05, 0.1) is 28.2 Å². The Morgan fingerprint density at radius 2 is 1.86 bits per heavy atom. The van der Waals surface area contributed by atoms with Crippen molar-refractivity contribution in [1.82, 2.24) is 24.6 Å². The van der Waals surface area contributed by atoms with Crippen LogP contribution in [0.2, 0.25) is 5.02 Å². The maximum atomic E-state index is 16.9. The maximum absolute atomic E-state index is 16.9. The van der Waals surface area contributed by atoms with E-state index in [2.05, 4.69) is 30.5 Å². The molecule has 2 saturated heterocycles. The minimum Gasteiger partial charge on any atom is -0.508 e. The summed E-state index contributed by atoms with van der Waals surface area (Å²) in [6.07, 6.45) is 4.60. The highest BCUT2D eigenvalue weighted by molar-refractivity contribution is 6.35. The molecule has 0 bridgehead atoms. The Kier molecular flexibility index (Phi) is 6.74. The zero-order chi connectivity index (χ0) is 30.0. The number of piperidine rings is 1. The largest absolute Gasteiger partial charge is 0.508 e. The van der Waals surface area contributed by atoms with Gasteiger partial charge in [-0.2, -0.15) is 5.10 Å². The minimum atomic E-state index is -0.537. The molecule has 0 spiro atoms. The Morgan fingerprint density at radius 3 is 2.58 bits per heavy atom. The van der Waals surface area contributed by atoms with E-state index in [0.717, 1.165) is 34.8 Å². The second-order valence-electron chi connectivity index (χ2n) is 11.7. The van der Waals surface area contributed by atoms with Gasteiger partial charge in [-0.25, -0.2) is 9.37 Å². The van der Waals surface area contributed by atoms with E-state index < -0.39 is 5.82 Å². The molecule has 4 heterocycles. The van der Waals surface area contributed by atoms with Crippen LogP contribution in [0.3, 0.4) is 0 Å². The number of phenolic OH excluding ortho intramolecular Hbond substituents is 1. The van der Waals surface area contributed by atoms with Crippen molar-refractivity contribution >= 4 is 55.9 Å². The molecule has 220 valence electrons. The summed E-state index contributed by atoms with van der Waals surface area (Å²) >= 11 is 6.92. The van der Waals surface area contributed by atoms with Crippen molar-refractivity contribution in [3.63, 3.8) is 0 Å². The number of halogens is 2. The summed E-state index contributed by atoms with van der Waals surface area (Å²) in [6, 6.07) is 12.9. The summed E-state index contributed by atoms with van der Waals surface area (Å²) in [5, 5.41) is 18.6. The van der Waals surface area contributed by atoms with Gasteiger partial charge in [-0.3, -0.25) is 9.48 Å². The quantitative estimate of drug-likeness (QED) is 0.250. The first-order valence-corrected chi connectivity index (χ1v) is 14.9. The number of aromatic nitrogens is 3. The van der Waals surface area contributed by atoms with Crippen molar-refractivity contribution in [2.45, 2.75) is 24.9 Å². The van der Waals surface area contributed by atoms with Crippen molar-refractivity contribution in [2.24, 2.45) is 0 Å². The second-order valence-corrected chi connectivity index (χ2v) is 12.1. The van der Waals surface area contributed by atoms with Gasteiger partial charge in [-0.1, -0.05) is 42.4 Å². The third kappa shape index (κ3) is 4.49. The van der Waals surface area contributed by atoms with Crippen molar-refractivity contribution in [3.05, 3.63) is 72.2 Å². The number of amides is 1. The van der Waals surface area contributed by atoms with Crippen LogP contribution in [0, 0.1) is 5.82 Å². The van der Waals surface area contributed by atoms with Gasteiger partial charge in [0.1, 0.15) is 17.1 Å². The van der Waals surface area contributed by atoms with E-state index in [9.17, 15) is 9.90 Å². The number of carbonyl (C=O) groups is 1. The van der Waals surface area contributed by atoms with Crippen LogP contribution in [-0.4, -0.2) is 81.9 Å². The van der Waals surface area contributed by atoms with E-state index in [0.29, 0.717) is 48.7 Å². The molecule has 0 aliphatic carbocycles. The molecule has 2 aliphatic rings. The maximum Gasteiger partial charge on any atom is 0.245 e. The van der Waals surface area contributed by atoms with Gasteiger partial charge in [0.15, 0.2) is 5.82 Å². The van der Waals surface area contributed by atoms with Crippen molar-refractivity contribution in [3.8, 4) is 16.9 Å². The number of carbonyl (C=O) groups excluding carboxylic acids is 1. The van der Waals surface area contributed by atoms with Crippen LogP contribution in [0.5, 0.6) is 5.75 Å². The fraction of sp³-hybridized carbons (Fsp3) is 0.303. The number of hydrogen-bond acceptors (Lipinski definition) is 6. The normalized spacial score (nSPS) is 16.5. The Hall–Kier alpha value is -4.21. The number of nitrogens with zero attached hydrogens (tertiary/aromatic N) is 6. The van der Waals surface area contributed by atoms with E-state index in [1.54, 1.807) is 23.1 Å². The van der Waals surface area contributed by atoms with Gasteiger partial charge < -0.3 is 19.8 Å². The number of hydrogen-bond donors (Lipinski definition) is 1. The smallest absolute Gasteiger partial charge is 0.245 e. The molecule has 1 amide bonds. The molecule has 3 aromatic carbocycles. The lowest BCUT2D eigenvalue weighted by atomic mass is 9.95. The fourth-order valence-electron chi connectivity index (χ4n) is 6.54. The molecule has 1 N–H and O–H groups in total. The van der Waals surface area contributed by atoms with Crippen molar-refractivity contribution in [2.75, 3.05) is 45.2 Å². The van der Waals surface area contributed by atoms with Crippen LogP contribution in [0.15, 0.2) is 61.3 Å². The third-order valence-corrected chi connectivity index (χ3v) is 9.30. The highest BCUT2D eigenvalue weighted by atomic mass is 35.5. The first kappa shape index (κ1) is 27.6. The number of pyridine rings is 1. The Morgan fingerprint density at radius 1 is 1.12 bits per heavy atom. The van der Waals surface area contributed by atoms with Gasteiger partial charge in [0.2, 0.25) is 5.91 Å². The predicted octanol–water partition coefficient (Wildman–Crippen LogP) is 6.00. The molecule has 8 nitrogen and oxygen atoms in total. The monoisotopic (exact) mass is 598 g/mol. The lowest BCUT2D eigenvalue weighted by molar-refractivity contribution is -0.127. The Balaban J connectivity index is 1.43. The number of likely N-dealkylation sites (N-methyl/N-ethyl adjacent to an activating group) is 1. The fourth-order valence-corrected chi connectivity index (χ4v) is 6.83. The highest BCUT2D eigenvalue weighted by Crippen LogP contribution is 2.44. The molecule has 5 aromatic rings. The molecule has 2 aromatic heterocycles. The number of phenols is 1. The number of anilines is 1. The van der Waals surface area contributed by atoms with Crippen LogP contribution >= 0.6 is 11.6 Å². The second kappa shape index (κ2) is 10.5. The molecule has 7 rings (SSSR count). The van der Waals surface area contributed by atoms with Crippen LogP contribution in [0.1, 0.15) is 18.9 Å². The summed E-state index contributed by atoms with van der Waals surface area (Å²) in [5.74, 6) is 0.113. The predicted molar refractivity (Wildman–Crippen MR) is 169 cm³/mol. The standard InChI is InChI=1S/C33H32ClFN6O2/c1-4-28(43)39-11-9-20(10-12-39)41-32-25-15-27(34)29(24-14-22(42)13-19-7-5-6-8-23(19)24)30(35)31(25)37-33(26(32)16-36-41)40-17-21(18-40)38(2)3/h4-8,13-16,20-21,42H,1,9-12,17-18H2,2-3H3. The van der Waals surface area contributed by atoms with E-state index in [-0.39, 0.29) is 33.8 Å². The third-order valence-electron chi connectivity index (χ3n) is 9.01. The van der Waals surface area contributed by atoms with Crippen LogP contribution in [0.25, 0.3) is 43.7 Å². The van der Waals surface area contributed by atoms with E-state index in [4.69, 9.17) is 21.7 Å². The molecule has 2 aliphatic heterocycles. The first-order chi connectivity index (χ1) is 20.7. The van der Waals surface area contributed by atoms with Gasteiger partial charge >= 0.3 is 0 Å². The van der Waals surface area contributed by atoms with Crippen LogP contribution in [-0.2, 0) is 4.79 Å². The zero-order valence-corrected chi connectivity index (χ0v) is 24.9. The number of benzene rings is 3. The summed E-state index contributed by atoms with van der Waals surface area (Å²) < 4.78 is 18.9. The molecular formula is C33H32ClFN6O2. The molecule has 0 unspecified atom stereocenters. The number of fused-ring (bicyclic) bond motifs is 4. The van der Waals surface area contributed by atoms with Gasteiger partial charge in [0.25, 0.3) is 0 Å². The van der Waals surface area contributed by atoms with Gasteiger partial charge in [-0.15, -0.1) is 0 Å². The molecule has 43 heavy (non-hydrogen) atoms. The number of aromatic hydroxyl groups is 1. The van der Waals surface area contributed by atoms with E-state index in [1.165, 1.54) is 6.08 Å². The van der Waals surface area contributed by atoms with Gasteiger partial charge in [0, 0.05) is 43.2 Å². The molecular weight excluding hydrogens is 567 g/mol. The minimum absolute atomic E-state index is 0.0206. The van der Waals surface area contributed by atoms with Gasteiger partial charge in [-0.05, 0) is 67.5 Å². The SMILES string of the molecule is C=CC(=O)N1CCC(n2ncc3c(N4CC(N(C)C)C4)nc4c(F)c(-c5cc(O)cc6ccccc56)c(Cl)cc4c32)CC1. The summed E-state index contributed by atoms with van der Waals surface area (Å²) in [7, 11) is 4.11. The van der Waals surface area contributed by atoms with Crippen LogP contribution in [0.4, 0.5) is 10.2 Å². The topological polar surface area (TPSA) is 77.7 Å². The number of likely N-dealkylation sites (tertiary alicyclic amines) is 1.